The zero-order valence-electron chi connectivity index (χ0n) is 9.18. The lowest BCUT2D eigenvalue weighted by molar-refractivity contribution is -0.127. The van der Waals surface area contributed by atoms with Crippen LogP contribution in [0.25, 0.3) is 0 Å². The van der Waals surface area contributed by atoms with Crippen molar-refractivity contribution < 1.29 is 4.79 Å². The van der Waals surface area contributed by atoms with Gasteiger partial charge < -0.3 is 0 Å². The molecule has 5 heteroatoms. The van der Waals surface area contributed by atoms with E-state index in [9.17, 15) is 4.79 Å². The van der Waals surface area contributed by atoms with Crippen LogP contribution in [-0.4, -0.2) is 5.78 Å². The van der Waals surface area contributed by atoms with Gasteiger partial charge in [-0.15, -0.1) is 0 Å². The Morgan fingerprint density at radius 2 is 1.71 bits per heavy atom. The van der Waals surface area contributed by atoms with Crippen LogP contribution < -0.4 is 0 Å². The lowest BCUT2D eigenvalue weighted by Crippen LogP contribution is -2.40. The first-order valence-corrected chi connectivity index (χ1v) is 5.30. The van der Waals surface area contributed by atoms with E-state index in [0.29, 0.717) is 12.8 Å². The maximum atomic E-state index is 11.8. The molecule has 0 amide bonds. The van der Waals surface area contributed by atoms with Crippen LogP contribution in [0.5, 0.6) is 0 Å². The zero-order chi connectivity index (χ0) is 12.9. The number of rotatable bonds is 2. The number of hydrogen-bond donors (Lipinski definition) is 0. The van der Waals surface area contributed by atoms with E-state index in [-0.39, 0.29) is 5.78 Å². The molecule has 1 saturated carbocycles. The molecule has 1 atom stereocenters. The normalized spacial score (nSPS) is 19.8. The zero-order valence-corrected chi connectivity index (χ0v) is 9.18. The van der Waals surface area contributed by atoms with Gasteiger partial charge in [-0.3, -0.25) is 4.79 Å². The van der Waals surface area contributed by atoms with Crippen molar-refractivity contribution in [3.63, 3.8) is 0 Å². The second-order valence-corrected chi connectivity index (χ2v) is 4.05. The van der Waals surface area contributed by atoms with E-state index in [2.05, 4.69) is 0 Å². The summed E-state index contributed by atoms with van der Waals surface area (Å²) in [5.74, 6) is -2.38. The molecule has 0 N–H and O–H groups in total. The Labute approximate surface area is 99.5 Å². The molecule has 0 aliphatic heterocycles. The van der Waals surface area contributed by atoms with E-state index in [0.717, 1.165) is 12.8 Å². The molecule has 84 valence electrons. The average molecular weight is 226 g/mol. The van der Waals surface area contributed by atoms with E-state index in [1.807, 2.05) is 0 Å². The second-order valence-electron chi connectivity index (χ2n) is 4.05. The fraction of sp³-hybridized carbons (Fsp3) is 0.583. The molecule has 0 spiro atoms. The van der Waals surface area contributed by atoms with E-state index in [4.69, 9.17) is 21.0 Å². The van der Waals surface area contributed by atoms with Crippen molar-refractivity contribution in [3.05, 3.63) is 0 Å². The highest BCUT2D eigenvalue weighted by atomic mass is 16.1. The Kier molecular flexibility index (Phi) is 3.82. The summed E-state index contributed by atoms with van der Waals surface area (Å²) in [5.41, 5.74) is -1.82. The Hall–Kier alpha value is -2.37. The van der Waals surface area contributed by atoms with Crippen LogP contribution in [0.2, 0.25) is 0 Å². The van der Waals surface area contributed by atoms with Crippen LogP contribution in [0.4, 0.5) is 0 Å². The molecule has 17 heavy (non-hydrogen) atoms. The molecule has 0 aromatic heterocycles. The standard InChI is InChI=1S/C12H10N4O/c13-5-9(6-14)12(7-15,8-16)10-3-1-2-4-11(10)17/h9-10H,1-4H2/t10-/m1/s1. The molecule has 0 radical (unpaired) electrons. The lowest BCUT2D eigenvalue weighted by atomic mass is 9.64. The predicted molar refractivity (Wildman–Crippen MR) is 55.3 cm³/mol. The number of nitriles is 4. The SMILES string of the molecule is N#CC(C#N)C(C#N)(C#N)[C@@H]1CCCCC1=O. The van der Waals surface area contributed by atoms with E-state index < -0.39 is 17.3 Å². The second kappa shape index (κ2) is 5.11. The molecule has 0 saturated heterocycles. The van der Waals surface area contributed by atoms with E-state index in [1.54, 1.807) is 24.3 Å². The summed E-state index contributed by atoms with van der Waals surface area (Å²) >= 11 is 0. The highest BCUT2D eigenvalue weighted by Gasteiger charge is 2.51. The monoisotopic (exact) mass is 226 g/mol. The fourth-order valence-corrected chi connectivity index (χ4v) is 2.21. The third kappa shape index (κ3) is 1.96. The van der Waals surface area contributed by atoms with Crippen molar-refractivity contribution in [3.8, 4) is 24.3 Å². The van der Waals surface area contributed by atoms with Gasteiger partial charge in [0.2, 0.25) is 0 Å². The van der Waals surface area contributed by atoms with E-state index in [1.165, 1.54) is 0 Å². The van der Waals surface area contributed by atoms with Gasteiger partial charge in [-0.05, 0) is 12.8 Å². The lowest BCUT2D eigenvalue weighted by Gasteiger charge is -2.31. The molecule has 0 aromatic carbocycles. The highest BCUT2D eigenvalue weighted by molar-refractivity contribution is 5.83. The fourth-order valence-electron chi connectivity index (χ4n) is 2.21. The van der Waals surface area contributed by atoms with Gasteiger partial charge in [0.25, 0.3) is 0 Å². The minimum atomic E-state index is -1.82. The molecule has 1 rings (SSSR count). The maximum Gasteiger partial charge on any atom is 0.182 e. The molecule has 1 aliphatic rings. The average Bonchev–Trinajstić information content (AvgIpc) is 2.37. The molecule has 0 aromatic rings. The summed E-state index contributed by atoms with van der Waals surface area (Å²) in [7, 11) is 0. The third-order valence-electron chi connectivity index (χ3n) is 3.19. The summed E-state index contributed by atoms with van der Waals surface area (Å²) in [6, 6.07) is 6.79. The van der Waals surface area contributed by atoms with Crippen LogP contribution in [0.1, 0.15) is 25.7 Å². The maximum absolute atomic E-state index is 11.8. The first kappa shape index (κ1) is 12.7. The Bertz CT molecular complexity index is 455. The van der Waals surface area contributed by atoms with Crippen LogP contribution in [0.15, 0.2) is 0 Å². The predicted octanol–water partition coefficient (Wildman–Crippen LogP) is 1.44. The van der Waals surface area contributed by atoms with Crippen molar-refractivity contribution in [1.29, 1.82) is 21.0 Å². The van der Waals surface area contributed by atoms with Crippen molar-refractivity contribution in [1.82, 2.24) is 0 Å². The van der Waals surface area contributed by atoms with Crippen LogP contribution in [0.3, 0.4) is 0 Å². The quantitative estimate of drug-likeness (QED) is 0.706. The molecular weight excluding hydrogens is 216 g/mol. The molecule has 5 nitrogen and oxygen atoms in total. The van der Waals surface area contributed by atoms with Gasteiger partial charge in [0.15, 0.2) is 11.3 Å². The summed E-state index contributed by atoms with van der Waals surface area (Å²) < 4.78 is 0. The summed E-state index contributed by atoms with van der Waals surface area (Å²) in [6.07, 6.45) is 2.20. The number of nitrogens with zero attached hydrogens (tertiary/aromatic N) is 4. The van der Waals surface area contributed by atoms with Crippen LogP contribution in [0, 0.1) is 62.6 Å². The van der Waals surface area contributed by atoms with Crippen LogP contribution in [-0.2, 0) is 4.79 Å². The van der Waals surface area contributed by atoms with Gasteiger partial charge in [-0.25, -0.2) is 0 Å². The summed E-state index contributed by atoms with van der Waals surface area (Å²) in [6.45, 7) is 0. The van der Waals surface area contributed by atoms with Crippen molar-refractivity contribution in [2.75, 3.05) is 0 Å². The van der Waals surface area contributed by atoms with Crippen molar-refractivity contribution in [2.24, 2.45) is 17.3 Å². The first-order chi connectivity index (χ1) is 8.16. The number of carbonyl (C=O) groups is 1. The smallest absolute Gasteiger partial charge is 0.182 e. The topological polar surface area (TPSA) is 112 Å². The minimum Gasteiger partial charge on any atom is -0.299 e. The van der Waals surface area contributed by atoms with Gasteiger partial charge in [0.05, 0.1) is 30.2 Å². The van der Waals surface area contributed by atoms with E-state index >= 15 is 0 Å². The third-order valence-corrected chi connectivity index (χ3v) is 3.19. The van der Waals surface area contributed by atoms with Gasteiger partial charge >= 0.3 is 0 Å². The molecule has 0 unspecified atom stereocenters. The largest absolute Gasteiger partial charge is 0.299 e. The van der Waals surface area contributed by atoms with Crippen molar-refractivity contribution in [2.45, 2.75) is 25.7 Å². The Morgan fingerprint density at radius 1 is 1.12 bits per heavy atom. The Morgan fingerprint density at radius 3 is 2.12 bits per heavy atom. The van der Waals surface area contributed by atoms with Gasteiger partial charge in [-0.1, -0.05) is 6.42 Å². The van der Waals surface area contributed by atoms with Gasteiger partial charge in [0, 0.05) is 6.42 Å². The summed E-state index contributed by atoms with van der Waals surface area (Å²) in [4.78, 5) is 11.8. The molecule has 1 aliphatic carbocycles. The number of ketones is 1. The number of hydrogen-bond acceptors (Lipinski definition) is 5. The van der Waals surface area contributed by atoms with Crippen molar-refractivity contribution >= 4 is 5.78 Å². The minimum absolute atomic E-state index is 0.185. The highest BCUT2D eigenvalue weighted by Crippen LogP contribution is 2.41. The number of carbonyl (C=O) groups excluding carboxylic acids is 1. The first-order valence-electron chi connectivity index (χ1n) is 5.30. The Balaban J connectivity index is 3.23. The molecule has 0 heterocycles. The molecule has 1 fully saturated rings. The van der Waals surface area contributed by atoms with Gasteiger partial charge in [-0.2, -0.15) is 21.0 Å². The summed E-state index contributed by atoms with van der Waals surface area (Å²) in [5, 5.41) is 36.0. The van der Waals surface area contributed by atoms with Gasteiger partial charge in [0.1, 0.15) is 5.78 Å². The molecule has 0 bridgehead atoms. The van der Waals surface area contributed by atoms with Crippen LogP contribution >= 0.6 is 0 Å². The number of Topliss-reactive ketones (excluding diaryl/α,β-unsaturated/α-hetero) is 1. The molecular formula is C12H10N4O.